The van der Waals surface area contributed by atoms with Crippen LogP contribution in [0.15, 0.2) is 11.4 Å². The molecule has 4 heteroatoms. The summed E-state index contributed by atoms with van der Waals surface area (Å²) in [4.78, 5) is 0. The van der Waals surface area contributed by atoms with Crippen molar-refractivity contribution in [3.05, 3.63) is 22.4 Å². The minimum atomic E-state index is -0.0954. The Balaban J connectivity index is 0.00000947. The molecule has 0 aromatic carbocycles. The molecule has 0 aliphatic carbocycles. The number of unbranched alkanes of at least 4 members (excludes halogenated alkanes) is 28. The van der Waals surface area contributed by atoms with Crippen LogP contribution in [-0.2, 0) is 27.6 Å². The molecular formula is C41H77ClOSZn. The van der Waals surface area contributed by atoms with Crippen LogP contribution in [0.4, 0.5) is 0 Å². The first kappa shape index (κ1) is 45.6. The summed E-state index contributed by atoms with van der Waals surface area (Å²) in [6, 6.07) is 2.29. The number of hydrogen-bond donors (Lipinski definition) is 0. The van der Waals surface area contributed by atoms with Crippen molar-refractivity contribution in [3.63, 3.8) is 0 Å². The molecule has 0 N–H and O–H groups in total. The van der Waals surface area contributed by atoms with Crippen molar-refractivity contribution in [2.24, 2.45) is 0 Å². The molecule has 262 valence electrons. The van der Waals surface area contributed by atoms with E-state index in [9.17, 15) is 0 Å². The Morgan fingerprint density at radius 3 is 1.04 bits per heavy atom. The zero-order valence-electron chi connectivity index (χ0n) is 30.9. The van der Waals surface area contributed by atoms with Crippen LogP contribution in [0.5, 0.6) is 0 Å². The molecule has 0 aliphatic heterocycles. The maximum absolute atomic E-state index is 6.59. The first-order chi connectivity index (χ1) is 22.3. The van der Waals surface area contributed by atoms with Crippen LogP contribution in [0.25, 0.3) is 0 Å². The summed E-state index contributed by atoms with van der Waals surface area (Å²) < 4.78 is 6.59. The van der Waals surface area contributed by atoms with Crippen LogP contribution < -0.4 is 0 Å². The third-order valence-electron chi connectivity index (χ3n) is 9.75. The molecular weight excluding hydrogens is 641 g/mol. The van der Waals surface area contributed by atoms with Crippen molar-refractivity contribution in [2.75, 3.05) is 6.61 Å². The first-order valence-corrected chi connectivity index (χ1v) is 24.9. The van der Waals surface area contributed by atoms with E-state index < -0.39 is 0 Å². The average molecular weight is 719 g/mol. The van der Waals surface area contributed by atoms with Crippen molar-refractivity contribution in [3.8, 4) is 0 Å². The SMILES string of the molecule is CCCCCCCCCCCCCCCCCC(CCCCCCCCCCCCCCCCC)(OCC)c1[c-]scc1.[Cl][Zn+]. The van der Waals surface area contributed by atoms with Crippen LogP contribution in [-0.4, -0.2) is 6.61 Å². The number of rotatable bonds is 35. The van der Waals surface area contributed by atoms with E-state index in [0.29, 0.717) is 0 Å². The van der Waals surface area contributed by atoms with Gasteiger partial charge in [-0.1, -0.05) is 206 Å². The summed E-state index contributed by atoms with van der Waals surface area (Å²) in [5.41, 5.74) is 1.23. The molecule has 0 bridgehead atoms. The van der Waals surface area contributed by atoms with Gasteiger partial charge in [-0.3, -0.25) is 0 Å². The van der Waals surface area contributed by atoms with Crippen molar-refractivity contribution < 1.29 is 22.0 Å². The van der Waals surface area contributed by atoms with Gasteiger partial charge < -0.3 is 16.1 Å². The van der Waals surface area contributed by atoms with E-state index in [1.165, 1.54) is 211 Å². The van der Waals surface area contributed by atoms with Crippen molar-refractivity contribution in [1.82, 2.24) is 0 Å². The molecule has 0 fully saturated rings. The van der Waals surface area contributed by atoms with Crippen LogP contribution >= 0.6 is 21.0 Å². The molecule has 0 saturated heterocycles. The van der Waals surface area contributed by atoms with E-state index in [0.717, 1.165) is 23.9 Å². The summed E-state index contributed by atoms with van der Waals surface area (Å²) in [5.74, 6) is 0. The monoisotopic (exact) mass is 716 g/mol. The fourth-order valence-corrected chi connectivity index (χ4v) is 7.59. The average Bonchev–Trinajstić information content (AvgIpc) is 3.61. The molecule has 1 aromatic heterocycles. The van der Waals surface area contributed by atoms with Gasteiger partial charge in [0.2, 0.25) is 0 Å². The normalized spacial score (nSPS) is 11.6. The van der Waals surface area contributed by atoms with E-state index in [-0.39, 0.29) is 5.60 Å². The van der Waals surface area contributed by atoms with Crippen LogP contribution in [0, 0.1) is 5.38 Å². The van der Waals surface area contributed by atoms with Gasteiger partial charge in [0.1, 0.15) is 0 Å². The summed E-state index contributed by atoms with van der Waals surface area (Å²) in [5, 5.41) is 5.78. The van der Waals surface area contributed by atoms with Crippen LogP contribution in [0.2, 0.25) is 0 Å². The van der Waals surface area contributed by atoms with Gasteiger partial charge in [0.05, 0.1) is 5.60 Å². The van der Waals surface area contributed by atoms with Crippen LogP contribution in [0.1, 0.15) is 232 Å². The fraction of sp³-hybridized carbons (Fsp3) is 0.902. The second-order valence-electron chi connectivity index (χ2n) is 13.8. The number of thiophene rings is 1. The number of ether oxygens (including phenoxy) is 1. The van der Waals surface area contributed by atoms with Crippen molar-refractivity contribution in [2.45, 2.75) is 232 Å². The summed E-state index contributed by atoms with van der Waals surface area (Å²) in [6.07, 6.45) is 45.0. The molecule has 1 nitrogen and oxygen atoms in total. The van der Waals surface area contributed by atoms with E-state index in [1.54, 1.807) is 11.3 Å². The van der Waals surface area contributed by atoms with Crippen LogP contribution in [0.3, 0.4) is 0 Å². The first-order valence-electron chi connectivity index (χ1n) is 20.2. The minimum absolute atomic E-state index is 0.0954. The van der Waals surface area contributed by atoms with Crippen molar-refractivity contribution >= 4 is 21.0 Å². The Labute approximate surface area is 302 Å². The Morgan fingerprint density at radius 1 is 0.511 bits per heavy atom. The topological polar surface area (TPSA) is 9.23 Å². The van der Waals surface area contributed by atoms with Gasteiger partial charge >= 0.3 is 27.0 Å². The third kappa shape index (κ3) is 28.1. The number of hydrogen-bond acceptors (Lipinski definition) is 2. The Hall–Kier alpha value is 0.573. The fourth-order valence-electron chi connectivity index (χ4n) is 6.93. The quantitative estimate of drug-likeness (QED) is 0.0386. The second kappa shape index (κ2) is 37.4. The zero-order valence-corrected chi connectivity index (χ0v) is 35.4. The van der Waals surface area contributed by atoms with Gasteiger partial charge in [-0.05, 0) is 19.8 Å². The zero-order chi connectivity index (χ0) is 32.9. The van der Waals surface area contributed by atoms with Gasteiger partial charge in [0, 0.05) is 6.61 Å². The molecule has 0 radical (unpaired) electrons. The van der Waals surface area contributed by atoms with E-state index in [2.05, 4.69) is 37.6 Å². The van der Waals surface area contributed by atoms with Gasteiger partial charge in [0.25, 0.3) is 0 Å². The molecule has 0 amide bonds. The second-order valence-corrected chi connectivity index (χ2v) is 14.5. The maximum atomic E-state index is 6.59. The molecule has 45 heavy (non-hydrogen) atoms. The molecule has 1 rings (SSSR count). The molecule has 0 unspecified atom stereocenters. The Bertz CT molecular complexity index is 618. The van der Waals surface area contributed by atoms with Gasteiger partial charge in [-0.25, -0.2) is 0 Å². The molecule has 1 heterocycles. The predicted octanol–water partition coefficient (Wildman–Crippen LogP) is 16.0. The molecule has 0 spiro atoms. The standard InChI is InChI=1S/C41H77OS.ClH.Zn/c1-4-7-9-11-13-15-17-19-21-23-25-27-29-31-33-36-41(42-6-3,40-35-38-43-39-40)37-34-32-30-28-26-24-22-20-18-16-14-12-10-8-5-2;;/h35,38H,4-34,36-37H2,1-3H3;1H;/q-1;;+2/p-1. The predicted molar refractivity (Wildman–Crippen MR) is 201 cm³/mol. The van der Waals surface area contributed by atoms with Gasteiger partial charge in [-0.15, -0.1) is 10.9 Å². The Morgan fingerprint density at radius 2 is 0.800 bits per heavy atom. The Kier molecular flexibility index (Phi) is 37.9. The third-order valence-corrected chi connectivity index (χ3v) is 10.4. The summed E-state index contributed by atoms with van der Waals surface area (Å²) in [6.45, 7) is 7.60. The molecule has 0 saturated carbocycles. The van der Waals surface area contributed by atoms with E-state index in [1.807, 2.05) is 0 Å². The van der Waals surface area contributed by atoms with Crippen molar-refractivity contribution in [1.29, 1.82) is 0 Å². The van der Waals surface area contributed by atoms with E-state index >= 15 is 0 Å². The van der Waals surface area contributed by atoms with Gasteiger partial charge in [0.15, 0.2) is 0 Å². The molecule has 1 aromatic rings. The number of halogens is 1. The van der Waals surface area contributed by atoms with Gasteiger partial charge in [-0.2, -0.15) is 11.4 Å². The molecule has 0 aliphatic rings. The summed E-state index contributed by atoms with van der Waals surface area (Å²) in [7, 11) is 4.76. The van der Waals surface area contributed by atoms with E-state index in [4.69, 9.17) is 14.4 Å². The molecule has 0 atom stereocenters. The summed E-state index contributed by atoms with van der Waals surface area (Å²) >= 11 is 2.56.